The van der Waals surface area contributed by atoms with Crippen molar-refractivity contribution in [3.8, 4) is 5.75 Å². The smallest absolute Gasteiger partial charge is 0.257 e. The Bertz CT molecular complexity index is 547. The largest absolute Gasteiger partial charge is 0.484 e. The third-order valence-corrected chi connectivity index (χ3v) is 3.76. The van der Waals surface area contributed by atoms with E-state index in [1.807, 2.05) is 6.92 Å². The summed E-state index contributed by atoms with van der Waals surface area (Å²) in [5.41, 5.74) is 0.669. The molecule has 0 aromatic heterocycles. The molecule has 7 nitrogen and oxygen atoms in total. The average Bonchev–Trinajstić information content (AvgIpc) is 2.61. The van der Waals surface area contributed by atoms with Gasteiger partial charge in [0, 0.05) is 25.3 Å². The van der Waals surface area contributed by atoms with Crippen LogP contribution < -0.4 is 15.4 Å². The highest BCUT2D eigenvalue weighted by atomic mass is 16.5. The number of likely N-dealkylation sites (N-methyl/N-ethyl adjacent to an activating group) is 2. The topological polar surface area (TPSA) is 79.9 Å². The van der Waals surface area contributed by atoms with Gasteiger partial charge in [-0.2, -0.15) is 0 Å². The molecule has 0 radical (unpaired) electrons. The summed E-state index contributed by atoms with van der Waals surface area (Å²) < 4.78 is 10.9. The van der Waals surface area contributed by atoms with Gasteiger partial charge in [0.05, 0.1) is 6.61 Å². The highest BCUT2D eigenvalue weighted by Gasteiger charge is 2.25. The molecule has 0 aliphatic carbocycles. The Morgan fingerprint density at radius 2 is 2.04 bits per heavy atom. The standard InChI is InChI=1S/C17H25N3O4/c1-3-18-16(21)12-24-14-7-5-13(6-8-14)19-17(22)15-11-20(4-2)9-10-23-15/h5-8,15H,3-4,9-12H2,1-2H3,(H,18,21)(H,19,22)/t15-/m1/s1. The zero-order chi connectivity index (χ0) is 17.4. The van der Waals surface area contributed by atoms with Gasteiger partial charge in [0.2, 0.25) is 0 Å². The summed E-state index contributed by atoms with van der Waals surface area (Å²) in [5.74, 6) is 0.263. The zero-order valence-electron chi connectivity index (χ0n) is 14.2. The second kappa shape index (κ2) is 9.24. The van der Waals surface area contributed by atoms with Crippen LogP contribution in [0.2, 0.25) is 0 Å². The molecule has 132 valence electrons. The molecule has 1 saturated heterocycles. The molecule has 1 aliphatic rings. The lowest BCUT2D eigenvalue weighted by atomic mass is 10.2. The molecule has 2 N–H and O–H groups in total. The summed E-state index contributed by atoms with van der Waals surface area (Å²) in [4.78, 5) is 25.8. The van der Waals surface area contributed by atoms with Crippen LogP contribution in [0.3, 0.4) is 0 Å². The van der Waals surface area contributed by atoms with Gasteiger partial charge in [-0.15, -0.1) is 0 Å². The number of amides is 2. The van der Waals surface area contributed by atoms with Crippen LogP contribution in [0.15, 0.2) is 24.3 Å². The van der Waals surface area contributed by atoms with Crippen LogP contribution in [0, 0.1) is 0 Å². The van der Waals surface area contributed by atoms with Gasteiger partial charge in [-0.1, -0.05) is 6.92 Å². The van der Waals surface area contributed by atoms with Crippen LogP contribution >= 0.6 is 0 Å². The molecule has 0 unspecified atom stereocenters. The molecule has 1 fully saturated rings. The quantitative estimate of drug-likeness (QED) is 0.773. The summed E-state index contributed by atoms with van der Waals surface area (Å²) in [6.07, 6.45) is -0.452. The number of anilines is 1. The molecular weight excluding hydrogens is 310 g/mol. The Hall–Kier alpha value is -2.12. The highest BCUT2D eigenvalue weighted by Crippen LogP contribution is 2.16. The molecular formula is C17H25N3O4. The van der Waals surface area contributed by atoms with Crippen LogP contribution in [0.5, 0.6) is 5.75 Å². The Morgan fingerprint density at radius 1 is 1.29 bits per heavy atom. The van der Waals surface area contributed by atoms with Gasteiger partial charge >= 0.3 is 0 Å². The number of carbonyl (C=O) groups is 2. The second-order valence-corrected chi connectivity index (χ2v) is 5.51. The van der Waals surface area contributed by atoms with Gasteiger partial charge in [0.25, 0.3) is 11.8 Å². The van der Waals surface area contributed by atoms with Crippen molar-refractivity contribution in [2.24, 2.45) is 0 Å². The molecule has 1 aliphatic heterocycles. The van der Waals surface area contributed by atoms with E-state index >= 15 is 0 Å². The zero-order valence-corrected chi connectivity index (χ0v) is 14.2. The number of hydrogen-bond donors (Lipinski definition) is 2. The fourth-order valence-electron chi connectivity index (χ4n) is 2.40. The number of benzene rings is 1. The van der Waals surface area contributed by atoms with E-state index in [2.05, 4.69) is 22.5 Å². The van der Waals surface area contributed by atoms with Crippen LogP contribution in [0.1, 0.15) is 13.8 Å². The maximum absolute atomic E-state index is 12.3. The highest BCUT2D eigenvalue weighted by molar-refractivity contribution is 5.94. The maximum Gasteiger partial charge on any atom is 0.257 e. The molecule has 1 aromatic carbocycles. The molecule has 0 spiro atoms. The van der Waals surface area contributed by atoms with E-state index in [1.54, 1.807) is 24.3 Å². The normalized spacial score (nSPS) is 18.0. The number of hydrogen-bond acceptors (Lipinski definition) is 5. The van der Waals surface area contributed by atoms with Crippen molar-refractivity contribution in [1.82, 2.24) is 10.2 Å². The summed E-state index contributed by atoms with van der Waals surface area (Å²) in [5, 5.41) is 5.50. The Labute approximate surface area is 142 Å². The van der Waals surface area contributed by atoms with Gasteiger partial charge < -0.3 is 20.1 Å². The van der Waals surface area contributed by atoms with Gasteiger partial charge in [0.1, 0.15) is 11.9 Å². The van der Waals surface area contributed by atoms with Crippen molar-refractivity contribution in [2.45, 2.75) is 20.0 Å². The van der Waals surface area contributed by atoms with E-state index in [-0.39, 0.29) is 18.4 Å². The van der Waals surface area contributed by atoms with E-state index in [0.29, 0.717) is 31.1 Å². The number of nitrogens with zero attached hydrogens (tertiary/aromatic N) is 1. The molecule has 1 aromatic rings. The molecule has 1 atom stereocenters. The summed E-state index contributed by atoms with van der Waals surface area (Å²) in [6, 6.07) is 6.92. The molecule has 7 heteroatoms. The third kappa shape index (κ3) is 5.50. The van der Waals surface area contributed by atoms with Gasteiger partial charge in [0.15, 0.2) is 6.61 Å². The van der Waals surface area contributed by atoms with Crippen molar-refractivity contribution in [2.75, 3.05) is 44.7 Å². The lowest BCUT2D eigenvalue weighted by molar-refractivity contribution is -0.132. The minimum atomic E-state index is -0.452. The fraction of sp³-hybridized carbons (Fsp3) is 0.529. The van der Waals surface area contributed by atoms with Crippen molar-refractivity contribution < 1.29 is 19.1 Å². The SMILES string of the molecule is CCNC(=O)COc1ccc(NC(=O)[C@H]2CN(CC)CCO2)cc1. The van der Waals surface area contributed by atoms with Gasteiger partial charge in [-0.25, -0.2) is 0 Å². The number of morpholine rings is 1. The summed E-state index contributed by atoms with van der Waals surface area (Å²) >= 11 is 0. The molecule has 1 heterocycles. The monoisotopic (exact) mass is 335 g/mol. The van der Waals surface area contributed by atoms with Crippen molar-refractivity contribution in [3.63, 3.8) is 0 Å². The lowest BCUT2D eigenvalue weighted by Gasteiger charge is -2.31. The Morgan fingerprint density at radius 3 is 2.71 bits per heavy atom. The first-order valence-electron chi connectivity index (χ1n) is 8.26. The maximum atomic E-state index is 12.3. The molecule has 2 amide bonds. The predicted octanol–water partition coefficient (Wildman–Crippen LogP) is 0.861. The van der Waals surface area contributed by atoms with Crippen molar-refractivity contribution in [1.29, 1.82) is 0 Å². The van der Waals surface area contributed by atoms with Crippen molar-refractivity contribution in [3.05, 3.63) is 24.3 Å². The molecule has 2 rings (SSSR count). The predicted molar refractivity (Wildman–Crippen MR) is 91.1 cm³/mol. The first-order chi connectivity index (χ1) is 11.6. The van der Waals surface area contributed by atoms with Crippen LogP contribution in [-0.2, 0) is 14.3 Å². The van der Waals surface area contributed by atoms with E-state index in [0.717, 1.165) is 13.1 Å². The third-order valence-electron chi connectivity index (χ3n) is 3.76. The van der Waals surface area contributed by atoms with Crippen LogP contribution in [0.4, 0.5) is 5.69 Å². The minimum Gasteiger partial charge on any atom is -0.484 e. The molecule has 0 bridgehead atoms. The summed E-state index contributed by atoms with van der Waals surface area (Å²) in [6.45, 7) is 7.41. The Kier molecular flexibility index (Phi) is 7.02. The molecule has 24 heavy (non-hydrogen) atoms. The average molecular weight is 335 g/mol. The van der Waals surface area contributed by atoms with Gasteiger partial charge in [-0.3, -0.25) is 14.5 Å². The number of ether oxygens (including phenoxy) is 2. The van der Waals surface area contributed by atoms with E-state index in [9.17, 15) is 9.59 Å². The minimum absolute atomic E-state index is 0.0255. The first-order valence-corrected chi connectivity index (χ1v) is 8.26. The van der Waals surface area contributed by atoms with Crippen LogP contribution in [-0.4, -0.2) is 62.2 Å². The first kappa shape index (κ1) is 18.2. The van der Waals surface area contributed by atoms with Crippen molar-refractivity contribution >= 4 is 17.5 Å². The number of nitrogens with one attached hydrogen (secondary N) is 2. The van der Waals surface area contributed by atoms with Crippen LogP contribution in [0.25, 0.3) is 0 Å². The lowest BCUT2D eigenvalue weighted by Crippen LogP contribution is -2.47. The van der Waals surface area contributed by atoms with Gasteiger partial charge in [-0.05, 0) is 37.7 Å². The number of rotatable bonds is 7. The van der Waals surface area contributed by atoms with E-state index in [4.69, 9.17) is 9.47 Å². The second-order valence-electron chi connectivity index (χ2n) is 5.51. The summed E-state index contributed by atoms with van der Waals surface area (Å²) in [7, 11) is 0. The number of carbonyl (C=O) groups excluding carboxylic acids is 2. The van der Waals surface area contributed by atoms with E-state index in [1.165, 1.54) is 0 Å². The fourth-order valence-corrected chi connectivity index (χ4v) is 2.40. The Balaban J connectivity index is 1.82. The molecule has 0 saturated carbocycles. The van der Waals surface area contributed by atoms with E-state index < -0.39 is 6.10 Å².